The van der Waals surface area contributed by atoms with Gasteiger partial charge in [0, 0.05) is 18.2 Å². The number of anilines is 1. The van der Waals surface area contributed by atoms with Gasteiger partial charge in [-0.05, 0) is 37.5 Å². The number of nitrogens with zero attached hydrogens (tertiary/aromatic N) is 3. The molecule has 2 aliphatic heterocycles. The van der Waals surface area contributed by atoms with Crippen LogP contribution in [0, 0.1) is 0 Å². The van der Waals surface area contributed by atoms with Gasteiger partial charge in [0.15, 0.2) is 6.10 Å². The minimum Gasteiger partial charge on any atom is -0.448 e. The van der Waals surface area contributed by atoms with E-state index in [2.05, 4.69) is 26.1 Å². The number of carbonyl (C=O) groups is 5. The van der Waals surface area contributed by atoms with E-state index in [0.717, 1.165) is 22.5 Å². The Morgan fingerprint density at radius 2 is 1.44 bits per heavy atom. The lowest BCUT2D eigenvalue weighted by Gasteiger charge is -2.49. The summed E-state index contributed by atoms with van der Waals surface area (Å²) in [6, 6.07) is 24.9. The number of alkyl carbamates (subject to hydrolysis) is 1. The van der Waals surface area contributed by atoms with Crippen molar-refractivity contribution >= 4 is 63.6 Å². The van der Waals surface area contributed by atoms with Gasteiger partial charge in [-0.3, -0.25) is 19.3 Å². The van der Waals surface area contributed by atoms with Gasteiger partial charge in [-0.2, -0.15) is 0 Å². The number of amides is 4. The van der Waals surface area contributed by atoms with Crippen LogP contribution in [0.2, 0.25) is 0 Å². The average molecular weight is 741 g/mol. The third-order valence-electron chi connectivity index (χ3n) is 7.91. The number of fused-ring (bicyclic) bond motifs is 1. The normalized spacial score (nSPS) is 17.4. The summed E-state index contributed by atoms with van der Waals surface area (Å²) >= 11 is 2.38. The molecule has 0 bridgehead atoms. The molecule has 0 saturated carbocycles. The number of aromatic nitrogens is 2. The topological polar surface area (TPSA) is 169 Å². The number of esters is 1. The molecule has 268 valence electrons. The Hall–Kier alpha value is -5.54. The highest BCUT2D eigenvalue weighted by atomic mass is 32.2. The minimum absolute atomic E-state index is 0.0341. The fourth-order valence-corrected chi connectivity index (χ4v) is 7.94. The Morgan fingerprint density at radius 3 is 2.00 bits per heavy atom. The van der Waals surface area contributed by atoms with Gasteiger partial charge < -0.3 is 25.4 Å². The summed E-state index contributed by atoms with van der Waals surface area (Å²) in [6.07, 6.45) is -1.61. The number of carbonyl (C=O) groups excluding carboxylic acids is 5. The molecule has 3 atom stereocenters. The molecule has 1 unspecified atom stereocenters. The first-order valence-electron chi connectivity index (χ1n) is 16.3. The Morgan fingerprint density at radius 1 is 0.865 bits per heavy atom. The van der Waals surface area contributed by atoms with E-state index in [4.69, 9.17) is 9.47 Å². The molecule has 13 nitrogen and oxygen atoms in total. The Kier molecular flexibility index (Phi) is 10.7. The molecule has 52 heavy (non-hydrogen) atoms. The standard InChI is InChI=1S/C37H36N6O7S2/c1-21(44)38-35-42-41-31(52-35)25-20-51-33-27(39-30(45)26(22-14-8-5-9-15-22)40-36(48)50-37(2,3)4)32(46)43(33)28(25)34(47)49-29(23-16-10-6-11-17-23)24-18-12-7-13-19-24/h5-19,26-27,29,33H,20H2,1-4H3,(H,39,45)(H,40,48)(H,38,42,44)/t26-,27?,33-/m1/s1. The van der Waals surface area contributed by atoms with E-state index in [0.29, 0.717) is 16.1 Å². The molecular weight excluding hydrogens is 705 g/mol. The van der Waals surface area contributed by atoms with E-state index in [-0.39, 0.29) is 22.5 Å². The van der Waals surface area contributed by atoms with E-state index in [1.165, 1.54) is 23.6 Å². The zero-order valence-electron chi connectivity index (χ0n) is 28.7. The second-order valence-corrected chi connectivity index (χ2v) is 15.0. The van der Waals surface area contributed by atoms with Crippen LogP contribution in [-0.2, 0) is 28.7 Å². The van der Waals surface area contributed by atoms with Crippen LogP contribution in [0.15, 0.2) is 96.7 Å². The SMILES string of the molecule is CC(=O)Nc1nnc(C2=C(C(=O)OC(c3ccccc3)c3ccccc3)N3C(=O)C(NC(=O)[C@H](NC(=O)OC(C)(C)C)c4ccccc4)[C@H]3SC2)s1. The summed E-state index contributed by atoms with van der Waals surface area (Å²) in [5.41, 5.74) is 1.48. The second-order valence-electron chi connectivity index (χ2n) is 12.9. The van der Waals surface area contributed by atoms with Crippen molar-refractivity contribution in [1.29, 1.82) is 0 Å². The summed E-state index contributed by atoms with van der Waals surface area (Å²) in [7, 11) is 0. The Balaban J connectivity index is 1.31. The van der Waals surface area contributed by atoms with Gasteiger partial charge in [0.25, 0.3) is 5.91 Å². The third kappa shape index (κ3) is 8.16. The number of hydrogen-bond donors (Lipinski definition) is 3. The molecule has 3 N–H and O–H groups in total. The van der Waals surface area contributed by atoms with E-state index in [1.54, 1.807) is 51.1 Å². The first-order valence-corrected chi connectivity index (χ1v) is 18.2. The van der Waals surface area contributed by atoms with Crippen molar-refractivity contribution in [3.05, 3.63) is 118 Å². The average Bonchev–Trinajstić information content (AvgIpc) is 3.58. The van der Waals surface area contributed by atoms with Gasteiger partial charge in [-0.1, -0.05) is 102 Å². The quantitative estimate of drug-likeness (QED) is 0.145. The number of β-lactam (4-membered cyclic amide) rings is 1. The maximum absolute atomic E-state index is 14.4. The van der Waals surface area contributed by atoms with Crippen molar-refractivity contribution in [3.63, 3.8) is 0 Å². The van der Waals surface area contributed by atoms with E-state index in [1.807, 2.05) is 60.7 Å². The molecular formula is C37H36N6O7S2. The molecule has 0 radical (unpaired) electrons. The molecule has 1 saturated heterocycles. The molecule has 3 aromatic carbocycles. The fourth-order valence-electron chi connectivity index (χ4n) is 5.67. The number of rotatable bonds is 10. The van der Waals surface area contributed by atoms with Crippen LogP contribution >= 0.6 is 23.1 Å². The molecule has 3 heterocycles. The molecule has 1 aromatic heterocycles. The van der Waals surface area contributed by atoms with Gasteiger partial charge in [0.2, 0.25) is 16.9 Å². The summed E-state index contributed by atoms with van der Waals surface area (Å²) in [4.78, 5) is 68.0. The van der Waals surface area contributed by atoms with E-state index >= 15 is 0 Å². The van der Waals surface area contributed by atoms with Crippen LogP contribution in [-0.4, -0.2) is 67.7 Å². The largest absolute Gasteiger partial charge is 0.448 e. The maximum atomic E-state index is 14.4. The number of thioether (sulfide) groups is 1. The summed E-state index contributed by atoms with van der Waals surface area (Å²) in [5.74, 6) is -2.09. The number of benzene rings is 3. The predicted molar refractivity (Wildman–Crippen MR) is 196 cm³/mol. The summed E-state index contributed by atoms with van der Waals surface area (Å²) in [6.45, 7) is 6.47. The lowest BCUT2D eigenvalue weighted by atomic mass is 10.00. The van der Waals surface area contributed by atoms with Crippen LogP contribution in [0.4, 0.5) is 9.93 Å². The highest BCUT2D eigenvalue weighted by Crippen LogP contribution is 2.45. The monoisotopic (exact) mass is 740 g/mol. The Labute approximate surface area is 308 Å². The second kappa shape index (κ2) is 15.4. The van der Waals surface area contributed by atoms with Crippen molar-refractivity contribution < 1.29 is 33.4 Å². The highest BCUT2D eigenvalue weighted by molar-refractivity contribution is 8.00. The summed E-state index contributed by atoms with van der Waals surface area (Å²) < 4.78 is 11.6. The first-order chi connectivity index (χ1) is 24.9. The fraction of sp³-hybridized carbons (Fsp3) is 0.270. The third-order valence-corrected chi connectivity index (χ3v) is 10.1. The highest BCUT2D eigenvalue weighted by Gasteiger charge is 2.55. The number of nitrogens with one attached hydrogen (secondary N) is 3. The van der Waals surface area contributed by atoms with E-state index < -0.39 is 53.0 Å². The van der Waals surface area contributed by atoms with Crippen molar-refractivity contribution in [3.8, 4) is 0 Å². The minimum atomic E-state index is -1.17. The van der Waals surface area contributed by atoms with Gasteiger partial charge in [-0.15, -0.1) is 22.0 Å². The summed E-state index contributed by atoms with van der Waals surface area (Å²) in [5, 5.41) is 16.1. The van der Waals surface area contributed by atoms with Crippen LogP contribution in [0.3, 0.4) is 0 Å². The smallest absolute Gasteiger partial charge is 0.408 e. The van der Waals surface area contributed by atoms with Crippen molar-refractivity contribution in [2.24, 2.45) is 0 Å². The van der Waals surface area contributed by atoms with Gasteiger partial charge in [-0.25, -0.2) is 9.59 Å². The first kappa shape index (κ1) is 36.3. The number of hydrogen-bond acceptors (Lipinski definition) is 11. The predicted octanol–water partition coefficient (Wildman–Crippen LogP) is 5.21. The van der Waals surface area contributed by atoms with Crippen LogP contribution < -0.4 is 16.0 Å². The molecule has 15 heteroatoms. The molecule has 2 aliphatic rings. The van der Waals surface area contributed by atoms with Gasteiger partial charge in [0.05, 0.1) is 0 Å². The Bertz CT molecular complexity index is 1960. The molecule has 4 aromatic rings. The lowest BCUT2D eigenvalue weighted by molar-refractivity contribution is -0.154. The van der Waals surface area contributed by atoms with E-state index in [9.17, 15) is 24.0 Å². The zero-order valence-corrected chi connectivity index (χ0v) is 30.3. The van der Waals surface area contributed by atoms with Crippen LogP contribution in [0.1, 0.15) is 61.5 Å². The number of ether oxygens (including phenoxy) is 2. The molecule has 1 fully saturated rings. The zero-order chi connectivity index (χ0) is 37.0. The van der Waals surface area contributed by atoms with Gasteiger partial charge >= 0.3 is 12.1 Å². The van der Waals surface area contributed by atoms with Crippen LogP contribution in [0.5, 0.6) is 0 Å². The van der Waals surface area contributed by atoms with Crippen molar-refractivity contribution in [2.45, 2.75) is 56.9 Å². The molecule has 0 aliphatic carbocycles. The van der Waals surface area contributed by atoms with Crippen molar-refractivity contribution in [1.82, 2.24) is 25.7 Å². The molecule has 4 amide bonds. The molecule has 6 rings (SSSR count). The van der Waals surface area contributed by atoms with Crippen LogP contribution in [0.25, 0.3) is 5.57 Å². The van der Waals surface area contributed by atoms with Crippen molar-refractivity contribution in [2.75, 3.05) is 11.1 Å². The maximum Gasteiger partial charge on any atom is 0.408 e. The molecule has 0 spiro atoms. The van der Waals surface area contributed by atoms with Gasteiger partial charge in [0.1, 0.15) is 33.8 Å². The lowest BCUT2D eigenvalue weighted by Crippen LogP contribution is -2.71.